The van der Waals surface area contributed by atoms with Crippen LogP contribution in [0.15, 0.2) is 12.1 Å². The molecule has 0 aliphatic carbocycles. The molecular formula is C13H20ClNO. The van der Waals surface area contributed by atoms with E-state index < -0.39 is 0 Å². The molecule has 1 N–H and O–H groups in total. The fraction of sp³-hybridized carbons (Fsp3) is 0.538. The number of aryl methyl sites for hydroxylation is 2. The van der Waals surface area contributed by atoms with Crippen molar-refractivity contribution in [2.24, 2.45) is 0 Å². The predicted molar refractivity (Wildman–Crippen MR) is 69.6 cm³/mol. The maximum atomic E-state index is 6.05. The quantitative estimate of drug-likeness (QED) is 0.773. The molecule has 0 saturated carbocycles. The molecule has 1 aromatic rings. The lowest BCUT2D eigenvalue weighted by atomic mass is 10.0. The topological polar surface area (TPSA) is 21.3 Å². The fourth-order valence-corrected chi connectivity index (χ4v) is 2.19. The fourth-order valence-electron chi connectivity index (χ4n) is 1.89. The zero-order chi connectivity index (χ0) is 12.0. The summed E-state index contributed by atoms with van der Waals surface area (Å²) in [6.45, 7) is 3.09. The van der Waals surface area contributed by atoms with Gasteiger partial charge in [-0.05, 0) is 63.0 Å². The molecular weight excluding hydrogens is 222 g/mol. The lowest BCUT2D eigenvalue weighted by Gasteiger charge is -2.12. The van der Waals surface area contributed by atoms with Crippen molar-refractivity contribution in [2.75, 3.05) is 20.7 Å². The van der Waals surface area contributed by atoms with Gasteiger partial charge in [0.25, 0.3) is 0 Å². The molecule has 0 atom stereocenters. The molecule has 0 amide bonds. The summed E-state index contributed by atoms with van der Waals surface area (Å²) in [6, 6.07) is 3.95. The van der Waals surface area contributed by atoms with E-state index in [0.29, 0.717) is 0 Å². The summed E-state index contributed by atoms with van der Waals surface area (Å²) < 4.78 is 5.41. The predicted octanol–water partition coefficient (Wildman–Crippen LogP) is 3.20. The first-order valence-corrected chi connectivity index (χ1v) is 6.04. The molecule has 2 nitrogen and oxygen atoms in total. The van der Waals surface area contributed by atoms with E-state index >= 15 is 0 Å². The average molecular weight is 242 g/mol. The van der Waals surface area contributed by atoms with E-state index in [1.54, 1.807) is 7.11 Å². The summed E-state index contributed by atoms with van der Waals surface area (Å²) in [5.74, 6) is 0.980. The highest BCUT2D eigenvalue weighted by Crippen LogP contribution is 2.28. The van der Waals surface area contributed by atoms with Crippen molar-refractivity contribution in [3.8, 4) is 5.75 Å². The van der Waals surface area contributed by atoms with Gasteiger partial charge in [-0.2, -0.15) is 0 Å². The van der Waals surface area contributed by atoms with Gasteiger partial charge in [0, 0.05) is 5.02 Å². The Morgan fingerprint density at radius 3 is 2.69 bits per heavy atom. The van der Waals surface area contributed by atoms with Gasteiger partial charge >= 0.3 is 0 Å². The van der Waals surface area contributed by atoms with Crippen LogP contribution in [0.5, 0.6) is 5.75 Å². The molecule has 1 aromatic carbocycles. The molecule has 1 rings (SSSR count). The van der Waals surface area contributed by atoms with E-state index in [2.05, 4.69) is 5.32 Å². The summed E-state index contributed by atoms with van der Waals surface area (Å²) in [5.41, 5.74) is 2.32. The van der Waals surface area contributed by atoms with Crippen LogP contribution in [-0.4, -0.2) is 20.7 Å². The van der Waals surface area contributed by atoms with Gasteiger partial charge in [0.05, 0.1) is 7.11 Å². The number of rotatable bonds is 6. The van der Waals surface area contributed by atoms with Crippen LogP contribution in [0.2, 0.25) is 5.02 Å². The summed E-state index contributed by atoms with van der Waals surface area (Å²) in [5, 5.41) is 3.94. The van der Waals surface area contributed by atoms with Crippen LogP contribution in [0.1, 0.15) is 24.0 Å². The van der Waals surface area contributed by atoms with Crippen LogP contribution in [-0.2, 0) is 6.42 Å². The number of hydrogen-bond donors (Lipinski definition) is 1. The normalized spacial score (nSPS) is 10.5. The molecule has 90 valence electrons. The molecule has 0 bridgehead atoms. The van der Waals surface area contributed by atoms with Gasteiger partial charge in [-0.3, -0.25) is 0 Å². The van der Waals surface area contributed by atoms with E-state index in [1.807, 2.05) is 26.1 Å². The Kier molecular flexibility index (Phi) is 5.64. The highest BCUT2D eigenvalue weighted by molar-refractivity contribution is 6.30. The van der Waals surface area contributed by atoms with Crippen molar-refractivity contribution in [2.45, 2.75) is 26.2 Å². The Morgan fingerprint density at radius 2 is 2.06 bits per heavy atom. The van der Waals surface area contributed by atoms with E-state index in [-0.39, 0.29) is 0 Å². The third kappa shape index (κ3) is 3.69. The lowest BCUT2D eigenvalue weighted by Crippen LogP contribution is -2.07. The zero-order valence-corrected chi connectivity index (χ0v) is 11.0. The third-order valence-electron chi connectivity index (χ3n) is 2.64. The minimum Gasteiger partial charge on any atom is -0.496 e. The summed E-state index contributed by atoms with van der Waals surface area (Å²) in [4.78, 5) is 0. The molecule has 0 aliphatic heterocycles. The van der Waals surface area contributed by atoms with Crippen molar-refractivity contribution < 1.29 is 4.74 Å². The highest BCUT2D eigenvalue weighted by atomic mass is 35.5. The van der Waals surface area contributed by atoms with E-state index in [1.165, 1.54) is 12.0 Å². The van der Waals surface area contributed by atoms with Crippen molar-refractivity contribution >= 4 is 11.6 Å². The van der Waals surface area contributed by atoms with Crippen molar-refractivity contribution in [3.05, 3.63) is 28.3 Å². The van der Waals surface area contributed by atoms with Crippen LogP contribution in [0.25, 0.3) is 0 Å². The Morgan fingerprint density at radius 1 is 1.31 bits per heavy atom. The van der Waals surface area contributed by atoms with Crippen molar-refractivity contribution in [3.63, 3.8) is 0 Å². The van der Waals surface area contributed by atoms with Gasteiger partial charge in [-0.1, -0.05) is 11.6 Å². The molecule has 0 saturated heterocycles. The molecule has 0 radical (unpaired) electrons. The molecule has 0 unspecified atom stereocenters. The highest BCUT2D eigenvalue weighted by Gasteiger charge is 2.07. The largest absolute Gasteiger partial charge is 0.496 e. The van der Waals surface area contributed by atoms with Gasteiger partial charge < -0.3 is 10.1 Å². The Hall–Kier alpha value is -0.730. The van der Waals surface area contributed by atoms with Crippen LogP contribution in [0.4, 0.5) is 0 Å². The Bertz CT molecular complexity index is 339. The first-order chi connectivity index (χ1) is 7.69. The van der Waals surface area contributed by atoms with Gasteiger partial charge in [-0.25, -0.2) is 0 Å². The van der Waals surface area contributed by atoms with E-state index in [0.717, 1.165) is 35.7 Å². The summed E-state index contributed by atoms with van der Waals surface area (Å²) >= 11 is 6.05. The van der Waals surface area contributed by atoms with Crippen LogP contribution in [0, 0.1) is 6.92 Å². The maximum absolute atomic E-state index is 6.05. The molecule has 0 spiro atoms. The Balaban J connectivity index is 2.69. The van der Waals surface area contributed by atoms with Crippen LogP contribution >= 0.6 is 11.6 Å². The average Bonchev–Trinajstić information content (AvgIpc) is 2.24. The van der Waals surface area contributed by atoms with E-state index in [4.69, 9.17) is 16.3 Å². The lowest BCUT2D eigenvalue weighted by molar-refractivity contribution is 0.405. The molecule has 0 heterocycles. The number of halogens is 1. The second kappa shape index (κ2) is 6.77. The van der Waals surface area contributed by atoms with Gasteiger partial charge in [-0.15, -0.1) is 0 Å². The van der Waals surface area contributed by atoms with Crippen LogP contribution in [0.3, 0.4) is 0 Å². The van der Waals surface area contributed by atoms with Gasteiger partial charge in [0.1, 0.15) is 5.75 Å². The SMILES string of the molecule is CNCCCCc1cc(Cl)cc(C)c1OC. The minimum absolute atomic E-state index is 0.793. The number of unbranched alkanes of at least 4 members (excludes halogenated alkanes) is 1. The third-order valence-corrected chi connectivity index (χ3v) is 2.86. The second-order valence-corrected chi connectivity index (χ2v) is 4.41. The number of ether oxygens (including phenoxy) is 1. The number of nitrogens with one attached hydrogen (secondary N) is 1. The molecule has 0 aromatic heterocycles. The minimum atomic E-state index is 0.793. The zero-order valence-electron chi connectivity index (χ0n) is 10.3. The monoisotopic (exact) mass is 241 g/mol. The smallest absolute Gasteiger partial charge is 0.125 e. The number of methoxy groups -OCH3 is 1. The molecule has 0 fully saturated rings. The number of hydrogen-bond acceptors (Lipinski definition) is 2. The molecule has 16 heavy (non-hydrogen) atoms. The van der Waals surface area contributed by atoms with E-state index in [9.17, 15) is 0 Å². The van der Waals surface area contributed by atoms with Crippen molar-refractivity contribution in [1.29, 1.82) is 0 Å². The molecule has 0 aliphatic rings. The Labute approximate surface area is 103 Å². The van der Waals surface area contributed by atoms with Crippen molar-refractivity contribution in [1.82, 2.24) is 5.32 Å². The second-order valence-electron chi connectivity index (χ2n) is 3.98. The first-order valence-electron chi connectivity index (χ1n) is 5.66. The molecule has 3 heteroatoms. The first kappa shape index (κ1) is 13.3. The number of benzene rings is 1. The van der Waals surface area contributed by atoms with Crippen LogP contribution < -0.4 is 10.1 Å². The summed E-state index contributed by atoms with van der Waals surface area (Å²) in [6.07, 6.45) is 3.34. The summed E-state index contributed by atoms with van der Waals surface area (Å²) in [7, 11) is 3.69. The van der Waals surface area contributed by atoms with Gasteiger partial charge in [0.2, 0.25) is 0 Å². The van der Waals surface area contributed by atoms with Gasteiger partial charge in [0.15, 0.2) is 0 Å². The standard InChI is InChI=1S/C13H20ClNO/c1-10-8-12(14)9-11(13(10)16-3)6-4-5-7-15-2/h8-9,15H,4-7H2,1-3H3. The maximum Gasteiger partial charge on any atom is 0.125 e.